The van der Waals surface area contributed by atoms with Crippen molar-refractivity contribution in [2.75, 3.05) is 39.3 Å². The van der Waals surface area contributed by atoms with Gasteiger partial charge in [0.1, 0.15) is 11.6 Å². The van der Waals surface area contributed by atoms with Crippen LogP contribution in [0, 0.1) is 10.8 Å². The van der Waals surface area contributed by atoms with E-state index in [2.05, 4.69) is 9.80 Å². The van der Waals surface area contributed by atoms with Crippen LogP contribution < -0.4 is 0 Å². The molecule has 2 heterocycles. The molecular formula is C20H34N2O2. The SMILES string of the molecule is CCC1(CC)C(=O)CC2(CCN(CCCN3CCCC3)C2)CC1=O. The van der Waals surface area contributed by atoms with Crippen molar-refractivity contribution in [3.8, 4) is 0 Å². The van der Waals surface area contributed by atoms with Gasteiger partial charge in [0.05, 0.1) is 5.41 Å². The molecule has 0 aromatic heterocycles. The number of ketones is 2. The van der Waals surface area contributed by atoms with E-state index in [9.17, 15) is 9.59 Å². The second-order valence-corrected chi connectivity index (χ2v) is 8.42. The van der Waals surface area contributed by atoms with Crippen LogP contribution in [-0.2, 0) is 9.59 Å². The van der Waals surface area contributed by atoms with Crippen LogP contribution in [0.4, 0.5) is 0 Å². The molecule has 0 N–H and O–H groups in total. The molecule has 0 radical (unpaired) electrons. The van der Waals surface area contributed by atoms with Crippen LogP contribution in [0.1, 0.15) is 65.2 Å². The van der Waals surface area contributed by atoms with E-state index in [1.165, 1.54) is 38.9 Å². The van der Waals surface area contributed by atoms with Crippen molar-refractivity contribution in [1.82, 2.24) is 9.80 Å². The Hall–Kier alpha value is -0.740. The van der Waals surface area contributed by atoms with Crippen molar-refractivity contribution in [1.29, 1.82) is 0 Å². The number of hydrogen-bond donors (Lipinski definition) is 0. The summed E-state index contributed by atoms with van der Waals surface area (Å²) in [4.78, 5) is 30.7. The van der Waals surface area contributed by atoms with Gasteiger partial charge in [-0.1, -0.05) is 13.8 Å². The summed E-state index contributed by atoms with van der Waals surface area (Å²) in [6, 6.07) is 0. The van der Waals surface area contributed by atoms with Crippen molar-refractivity contribution < 1.29 is 9.59 Å². The Morgan fingerprint density at radius 1 is 0.875 bits per heavy atom. The average molecular weight is 335 g/mol. The molecule has 0 aromatic rings. The maximum absolute atomic E-state index is 12.8. The molecule has 1 saturated carbocycles. The number of Topliss-reactive ketones (excluding diaryl/α,β-unsaturated/α-hetero) is 2. The zero-order valence-electron chi connectivity index (χ0n) is 15.6. The van der Waals surface area contributed by atoms with E-state index in [4.69, 9.17) is 0 Å². The van der Waals surface area contributed by atoms with Crippen LogP contribution >= 0.6 is 0 Å². The van der Waals surface area contributed by atoms with Gasteiger partial charge in [-0.05, 0) is 76.7 Å². The maximum Gasteiger partial charge on any atom is 0.146 e. The highest BCUT2D eigenvalue weighted by atomic mass is 16.2. The second kappa shape index (κ2) is 7.25. The summed E-state index contributed by atoms with van der Waals surface area (Å²) in [7, 11) is 0. The van der Waals surface area contributed by atoms with Gasteiger partial charge in [0.2, 0.25) is 0 Å². The predicted octanol–water partition coefficient (Wildman–Crippen LogP) is 2.90. The van der Waals surface area contributed by atoms with Crippen LogP contribution in [0.2, 0.25) is 0 Å². The normalized spacial score (nSPS) is 27.4. The lowest BCUT2D eigenvalue weighted by Crippen LogP contribution is -2.49. The van der Waals surface area contributed by atoms with Crippen molar-refractivity contribution >= 4 is 11.6 Å². The summed E-state index contributed by atoms with van der Waals surface area (Å²) in [6.45, 7) is 10.9. The Balaban J connectivity index is 1.52. The number of carbonyl (C=O) groups excluding carboxylic acids is 2. The third kappa shape index (κ3) is 3.32. The predicted molar refractivity (Wildman–Crippen MR) is 96.0 cm³/mol. The van der Waals surface area contributed by atoms with Gasteiger partial charge in [0.25, 0.3) is 0 Å². The summed E-state index contributed by atoms with van der Waals surface area (Å²) in [5, 5.41) is 0. The molecule has 0 bridgehead atoms. The van der Waals surface area contributed by atoms with Gasteiger partial charge in [-0.25, -0.2) is 0 Å². The van der Waals surface area contributed by atoms with E-state index in [1.54, 1.807) is 0 Å². The molecule has 2 aliphatic heterocycles. The first-order chi connectivity index (χ1) is 11.5. The minimum Gasteiger partial charge on any atom is -0.303 e. The molecule has 24 heavy (non-hydrogen) atoms. The van der Waals surface area contributed by atoms with Gasteiger partial charge >= 0.3 is 0 Å². The van der Waals surface area contributed by atoms with Gasteiger partial charge < -0.3 is 9.80 Å². The summed E-state index contributed by atoms with van der Waals surface area (Å²) in [5.74, 6) is 0.449. The number of hydrogen-bond acceptors (Lipinski definition) is 4. The summed E-state index contributed by atoms with van der Waals surface area (Å²) in [6.07, 6.45) is 7.56. The fourth-order valence-corrected chi connectivity index (χ4v) is 5.31. The fraction of sp³-hybridized carbons (Fsp3) is 0.900. The highest BCUT2D eigenvalue weighted by molar-refractivity contribution is 6.09. The summed E-state index contributed by atoms with van der Waals surface area (Å²) < 4.78 is 0. The first kappa shape index (κ1) is 18.1. The Kier molecular flexibility index (Phi) is 5.45. The number of nitrogens with zero attached hydrogens (tertiary/aromatic N) is 2. The molecule has 3 fully saturated rings. The van der Waals surface area contributed by atoms with Gasteiger partial charge in [0, 0.05) is 19.4 Å². The second-order valence-electron chi connectivity index (χ2n) is 8.42. The molecule has 3 aliphatic rings. The number of carbonyl (C=O) groups is 2. The van der Waals surface area contributed by atoms with Crippen LogP contribution in [0.15, 0.2) is 0 Å². The average Bonchev–Trinajstić information content (AvgIpc) is 3.19. The highest BCUT2D eigenvalue weighted by Crippen LogP contribution is 2.48. The Morgan fingerprint density at radius 3 is 2.04 bits per heavy atom. The molecule has 3 rings (SSSR count). The van der Waals surface area contributed by atoms with Crippen molar-refractivity contribution in [3.05, 3.63) is 0 Å². The summed E-state index contributed by atoms with van der Waals surface area (Å²) in [5.41, 5.74) is -0.704. The minimum atomic E-state index is -0.658. The summed E-state index contributed by atoms with van der Waals surface area (Å²) >= 11 is 0. The molecular weight excluding hydrogens is 300 g/mol. The minimum absolute atomic E-state index is 0.0460. The molecule has 0 atom stereocenters. The van der Waals surface area contributed by atoms with Gasteiger partial charge in [-0.15, -0.1) is 0 Å². The highest BCUT2D eigenvalue weighted by Gasteiger charge is 2.54. The van der Waals surface area contributed by atoms with Gasteiger partial charge in [-0.3, -0.25) is 9.59 Å². The van der Waals surface area contributed by atoms with Crippen molar-refractivity contribution in [3.63, 3.8) is 0 Å². The van der Waals surface area contributed by atoms with E-state index < -0.39 is 5.41 Å². The maximum atomic E-state index is 12.8. The molecule has 1 spiro atoms. The van der Waals surface area contributed by atoms with Crippen LogP contribution in [0.5, 0.6) is 0 Å². The lowest BCUT2D eigenvalue weighted by atomic mass is 9.60. The number of likely N-dealkylation sites (tertiary alicyclic amines) is 2. The molecule has 1 aliphatic carbocycles. The number of rotatable bonds is 6. The van der Waals surface area contributed by atoms with Gasteiger partial charge in [-0.2, -0.15) is 0 Å². The molecule has 2 saturated heterocycles. The monoisotopic (exact) mass is 334 g/mol. The largest absolute Gasteiger partial charge is 0.303 e. The smallest absolute Gasteiger partial charge is 0.146 e. The van der Waals surface area contributed by atoms with Crippen molar-refractivity contribution in [2.24, 2.45) is 10.8 Å². The Labute approximate surface area is 146 Å². The van der Waals surface area contributed by atoms with E-state index >= 15 is 0 Å². The first-order valence-electron chi connectivity index (χ1n) is 10.0. The Bertz CT molecular complexity index is 458. The van der Waals surface area contributed by atoms with Gasteiger partial charge in [0.15, 0.2) is 0 Å². The zero-order chi connectivity index (χ0) is 17.2. The zero-order valence-corrected chi connectivity index (χ0v) is 15.6. The molecule has 4 nitrogen and oxygen atoms in total. The van der Waals surface area contributed by atoms with Crippen LogP contribution in [0.3, 0.4) is 0 Å². The molecule has 0 aromatic carbocycles. The molecule has 0 amide bonds. The third-order valence-corrected chi connectivity index (χ3v) is 7.01. The van der Waals surface area contributed by atoms with E-state index in [0.29, 0.717) is 25.7 Å². The molecule has 0 unspecified atom stereocenters. The van der Waals surface area contributed by atoms with E-state index in [1.807, 2.05) is 13.8 Å². The lowest BCUT2D eigenvalue weighted by molar-refractivity contribution is -0.149. The van der Waals surface area contributed by atoms with Crippen LogP contribution in [0.25, 0.3) is 0 Å². The lowest BCUT2D eigenvalue weighted by Gasteiger charge is -2.41. The van der Waals surface area contributed by atoms with Crippen LogP contribution in [-0.4, -0.2) is 60.6 Å². The third-order valence-electron chi connectivity index (χ3n) is 7.01. The standard InChI is InChI=1S/C20H34N2O2/c1-3-20(4-2)17(23)14-19(15-18(20)24)8-13-22(16-19)12-7-11-21-9-5-6-10-21/h3-16H2,1-2H3. The fourth-order valence-electron chi connectivity index (χ4n) is 5.31. The molecule has 136 valence electrons. The van der Waals surface area contributed by atoms with Crippen molar-refractivity contribution in [2.45, 2.75) is 65.2 Å². The van der Waals surface area contributed by atoms with E-state index in [0.717, 1.165) is 26.1 Å². The van der Waals surface area contributed by atoms with E-state index in [-0.39, 0.29) is 17.0 Å². The molecule has 4 heteroatoms. The quantitative estimate of drug-likeness (QED) is 0.700. The topological polar surface area (TPSA) is 40.6 Å². The Morgan fingerprint density at radius 2 is 1.46 bits per heavy atom. The first-order valence-corrected chi connectivity index (χ1v) is 10.0.